The highest BCUT2D eigenvalue weighted by molar-refractivity contribution is 5.91. The zero-order chi connectivity index (χ0) is 11.0. The molecule has 0 unspecified atom stereocenters. The van der Waals surface area contributed by atoms with Crippen molar-refractivity contribution >= 4 is 5.91 Å². The Morgan fingerprint density at radius 3 is 2.50 bits per heavy atom. The van der Waals surface area contributed by atoms with Crippen LogP contribution in [0.5, 0.6) is 0 Å². The number of hydrogen-bond donors (Lipinski definition) is 1. The fraction of sp³-hybridized carbons (Fsp3) is 0.727. The molecule has 0 aromatic carbocycles. The highest BCUT2D eigenvalue weighted by atomic mass is 16.2. The van der Waals surface area contributed by atoms with Crippen LogP contribution >= 0.6 is 0 Å². The predicted octanol–water partition coefficient (Wildman–Crippen LogP) is 2.11. The van der Waals surface area contributed by atoms with Crippen LogP contribution in [0, 0.1) is 0 Å². The number of unbranched alkanes of at least 4 members (excludes halogenated alkanes) is 3. The van der Waals surface area contributed by atoms with E-state index in [1.165, 1.54) is 24.3 Å². The fourth-order valence-electron chi connectivity index (χ4n) is 1.16. The van der Waals surface area contributed by atoms with Crippen LogP contribution < -0.4 is 5.43 Å². The summed E-state index contributed by atoms with van der Waals surface area (Å²) in [6, 6.07) is 0. The van der Waals surface area contributed by atoms with Gasteiger partial charge in [0.2, 0.25) is 0 Å². The van der Waals surface area contributed by atoms with Crippen molar-refractivity contribution in [3.63, 3.8) is 0 Å². The fourth-order valence-corrected chi connectivity index (χ4v) is 1.16. The summed E-state index contributed by atoms with van der Waals surface area (Å²) in [6.07, 6.45) is 4.83. The molecule has 3 heteroatoms. The monoisotopic (exact) mass is 198 g/mol. The van der Waals surface area contributed by atoms with Crippen molar-refractivity contribution in [1.82, 2.24) is 10.4 Å². The van der Waals surface area contributed by atoms with Crippen molar-refractivity contribution in [2.24, 2.45) is 0 Å². The van der Waals surface area contributed by atoms with Crippen molar-refractivity contribution in [3.8, 4) is 0 Å². The van der Waals surface area contributed by atoms with Crippen LogP contribution in [0.15, 0.2) is 12.2 Å². The van der Waals surface area contributed by atoms with E-state index in [0.29, 0.717) is 5.57 Å². The van der Waals surface area contributed by atoms with Crippen LogP contribution in [-0.2, 0) is 4.79 Å². The maximum absolute atomic E-state index is 11.3. The number of nitrogens with zero attached hydrogens (tertiary/aromatic N) is 1. The minimum atomic E-state index is -0.0412. The van der Waals surface area contributed by atoms with Gasteiger partial charge in [0.05, 0.1) is 0 Å². The van der Waals surface area contributed by atoms with Gasteiger partial charge in [0, 0.05) is 19.2 Å². The van der Waals surface area contributed by atoms with Crippen LogP contribution in [0.3, 0.4) is 0 Å². The lowest BCUT2D eigenvalue weighted by Gasteiger charge is -2.18. The molecule has 0 aliphatic heterocycles. The number of rotatable bonds is 7. The van der Waals surface area contributed by atoms with Crippen molar-refractivity contribution in [3.05, 3.63) is 12.2 Å². The number of carbonyl (C=O) groups is 1. The van der Waals surface area contributed by atoms with Gasteiger partial charge in [-0.3, -0.25) is 9.80 Å². The lowest BCUT2D eigenvalue weighted by Crippen LogP contribution is -2.40. The molecular weight excluding hydrogens is 176 g/mol. The van der Waals surface area contributed by atoms with Gasteiger partial charge < -0.3 is 0 Å². The number of likely N-dealkylation sites (N-methyl/N-ethyl adjacent to an activating group) is 1. The molecule has 0 aromatic heterocycles. The third kappa shape index (κ3) is 5.75. The van der Waals surface area contributed by atoms with E-state index in [1.54, 1.807) is 14.0 Å². The average molecular weight is 198 g/mol. The second kappa shape index (κ2) is 7.56. The summed E-state index contributed by atoms with van der Waals surface area (Å²) in [4.78, 5) is 11.3. The summed E-state index contributed by atoms with van der Waals surface area (Å²) >= 11 is 0. The van der Waals surface area contributed by atoms with Crippen molar-refractivity contribution < 1.29 is 4.79 Å². The van der Waals surface area contributed by atoms with Gasteiger partial charge in [0.15, 0.2) is 0 Å². The van der Waals surface area contributed by atoms with Crippen LogP contribution in [0.2, 0.25) is 0 Å². The minimum absolute atomic E-state index is 0.0412. The standard InChI is InChI=1S/C11H22N2O/c1-5-6-7-8-9-12-13(4)11(14)10(2)3/h12H,2,5-9H2,1,3-4H3. The Balaban J connectivity index is 3.49. The highest BCUT2D eigenvalue weighted by Crippen LogP contribution is 1.98. The van der Waals surface area contributed by atoms with E-state index in [1.807, 2.05) is 0 Å². The summed E-state index contributed by atoms with van der Waals surface area (Å²) < 4.78 is 0. The summed E-state index contributed by atoms with van der Waals surface area (Å²) in [7, 11) is 1.73. The first-order valence-corrected chi connectivity index (χ1v) is 5.26. The molecule has 0 atom stereocenters. The Morgan fingerprint density at radius 1 is 1.36 bits per heavy atom. The Labute approximate surface area is 87.1 Å². The smallest absolute Gasteiger partial charge is 0.262 e. The van der Waals surface area contributed by atoms with Crippen LogP contribution in [0.25, 0.3) is 0 Å². The Hall–Kier alpha value is -0.830. The molecule has 0 rings (SSSR count). The maximum atomic E-state index is 11.3. The van der Waals surface area contributed by atoms with Crippen LogP contribution in [0.4, 0.5) is 0 Å². The van der Waals surface area contributed by atoms with Crippen LogP contribution in [-0.4, -0.2) is 24.5 Å². The molecule has 82 valence electrons. The summed E-state index contributed by atoms with van der Waals surface area (Å²) in [5.74, 6) is -0.0412. The molecule has 0 heterocycles. The second-order valence-corrected chi connectivity index (χ2v) is 3.61. The molecule has 1 N–H and O–H groups in total. The first-order valence-electron chi connectivity index (χ1n) is 5.26. The molecule has 0 spiro atoms. The van der Waals surface area contributed by atoms with Gasteiger partial charge in [-0.15, -0.1) is 0 Å². The normalized spacial score (nSPS) is 9.93. The number of hydrazine groups is 1. The molecular formula is C11H22N2O. The van der Waals surface area contributed by atoms with E-state index in [-0.39, 0.29) is 5.91 Å². The van der Waals surface area contributed by atoms with E-state index in [4.69, 9.17) is 0 Å². The molecule has 1 amide bonds. The van der Waals surface area contributed by atoms with E-state index in [2.05, 4.69) is 18.9 Å². The third-order valence-corrected chi connectivity index (χ3v) is 2.05. The van der Waals surface area contributed by atoms with Crippen molar-refractivity contribution in [2.75, 3.05) is 13.6 Å². The second-order valence-electron chi connectivity index (χ2n) is 3.61. The summed E-state index contributed by atoms with van der Waals surface area (Å²) in [5, 5.41) is 1.51. The van der Waals surface area contributed by atoms with Crippen molar-refractivity contribution in [2.45, 2.75) is 39.5 Å². The number of nitrogens with one attached hydrogen (secondary N) is 1. The largest absolute Gasteiger partial charge is 0.277 e. The number of amides is 1. The maximum Gasteiger partial charge on any atom is 0.262 e. The molecule has 0 saturated heterocycles. The molecule has 0 bridgehead atoms. The quantitative estimate of drug-likeness (QED) is 0.386. The first kappa shape index (κ1) is 13.2. The Kier molecular flexibility index (Phi) is 7.11. The molecule has 0 fully saturated rings. The third-order valence-electron chi connectivity index (χ3n) is 2.05. The van der Waals surface area contributed by atoms with Crippen molar-refractivity contribution in [1.29, 1.82) is 0 Å². The molecule has 0 radical (unpaired) electrons. The molecule has 0 aliphatic carbocycles. The van der Waals surface area contributed by atoms with Gasteiger partial charge in [-0.2, -0.15) is 0 Å². The SMILES string of the molecule is C=C(C)C(=O)N(C)NCCCCCC. The van der Waals surface area contributed by atoms with Gasteiger partial charge in [-0.1, -0.05) is 32.8 Å². The van der Waals surface area contributed by atoms with Gasteiger partial charge in [0.1, 0.15) is 0 Å². The molecule has 0 aliphatic rings. The minimum Gasteiger partial charge on any atom is -0.277 e. The predicted molar refractivity (Wildman–Crippen MR) is 59.7 cm³/mol. The first-order chi connectivity index (χ1) is 6.59. The number of carbonyl (C=O) groups excluding carboxylic acids is 1. The van der Waals surface area contributed by atoms with E-state index < -0.39 is 0 Å². The Morgan fingerprint density at radius 2 is 2.00 bits per heavy atom. The lowest BCUT2D eigenvalue weighted by molar-refractivity contribution is -0.128. The van der Waals surface area contributed by atoms with E-state index in [9.17, 15) is 4.79 Å². The topological polar surface area (TPSA) is 32.3 Å². The zero-order valence-corrected chi connectivity index (χ0v) is 9.60. The van der Waals surface area contributed by atoms with Gasteiger partial charge in [-0.05, 0) is 13.3 Å². The molecule has 0 saturated carbocycles. The van der Waals surface area contributed by atoms with Crippen LogP contribution in [0.1, 0.15) is 39.5 Å². The van der Waals surface area contributed by atoms with E-state index in [0.717, 1.165) is 13.0 Å². The Bertz CT molecular complexity index is 190. The molecule has 3 nitrogen and oxygen atoms in total. The number of hydrogen-bond acceptors (Lipinski definition) is 2. The van der Waals surface area contributed by atoms with Gasteiger partial charge in [0.25, 0.3) is 5.91 Å². The highest BCUT2D eigenvalue weighted by Gasteiger charge is 2.07. The molecule has 14 heavy (non-hydrogen) atoms. The summed E-state index contributed by atoms with van der Waals surface area (Å²) in [5.41, 5.74) is 3.61. The van der Waals surface area contributed by atoms with E-state index >= 15 is 0 Å². The average Bonchev–Trinajstić information content (AvgIpc) is 2.16. The lowest BCUT2D eigenvalue weighted by atomic mass is 10.2. The zero-order valence-electron chi connectivity index (χ0n) is 9.60. The van der Waals surface area contributed by atoms with Gasteiger partial charge in [-0.25, -0.2) is 5.43 Å². The summed E-state index contributed by atoms with van der Waals surface area (Å²) in [6.45, 7) is 8.36. The molecule has 0 aromatic rings. The van der Waals surface area contributed by atoms with Gasteiger partial charge >= 0.3 is 0 Å².